The molecule has 0 aliphatic carbocycles. The summed E-state index contributed by atoms with van der Waals surface area (Å²) in [5, 5.41) is 14.6. The molecule has 4 heterocycles. The van der Waals surface area contributed by atoms with Crippen LogP contribution in [0.4, 0.5) is 10.5 Å². The monoisotopic (exact) mass is 856 g/mol. The van der Waals surface area contributed by atoms with Crippen molar-refractivity contribution in [1.29, 1.82) is 0 Å². The normalized spacial score (nSPS) is 24.1. The van der Waals surface area contributed by atoms with E-state index in [-0.39, 0.29) is 37.8 Å². The number of phosphoric ester groups is 1. The minimum Gasteiger partial charge on any atom is -0.450 e. The molecule has 5 amide bonds. The third-order valence-electron chi connectivity index (χ3n) is 9.55. The van der Waals surface area contributed by atoms with Gasteiger partial charge in [0.25, 0.3) is 5.91 Å². The van der Waals surface area contributed by atoms with Crippen molar-refractivity contribution in [3.05, 3.63) is 71.8 Å². The topological polar surface area (TPSA) is 272 Å². The number of nitrogens with two attached hydrogens (primary N) is 1. The van der Waals surface area contributed by atoms with Crippen molar-refractivity contribution in [1.82, 2.24) is 30.7 Å². The summed E-state index contributed by atoms with van der Waals surface area (Å²) >= 11 is 0. The average molecular weight is 857 g/mol. The van der Waals surface area contributed by atoms with E-state index in [2.05, 4.69) is 31.3 Å². The maximum atomic E-state index is 13.7. The number of aromatic nitrogens is 3. The number of amides is 5. The molecule has 1 unspecified atom stereocenters. The zero-order valence-electron chi connectivity index (χ0n) is 33.7. The number of hydrogen-bond donors (Lipinski definition) is 5. The minimum atomic E-state index is -4.18. The summed E-state index contributed by atoms with van der Waals surface area (Å²) in [6.45, 7) is 8.02. The second-order valence-corrected chi connectivity index (χ2v) is 16.4. The van der Waals surface area contributed by atoms with Crippen molar-refractivity contribution < 1.29 is 61.1 Å². The predicted molar refractivity (Wildman–Crippen MR) is 209 cm³/mol. The molecule has 2 fully saturated rings. The van der Waals surface area contributed by atoms with Crippen LogP contribution in [-0.4, -0.2) is 99.9 Å². The van der Waals surface area contributed by atoms with Crippen LogP contribution in [0.1, 0.15) is 75.4 Å². The number of hydrogen-bond acceptors (Lipinski definition) is 15. The maximum absolute atomic E-state index is 13.7. The van der Waals surface area contributed by atoms with E-state index in [9.17, 15) is 28.5 Å². The van der Waals surface area contributed by atoms with Crippen molar-refractivity contribution in [2.45, 2.75) is 109 Å². The molecular formula is C38H49N8O13P. The van der Waals surface area contributed by atoms with Gasteiger partial charge in [-0.15, -0.1) is 5.10 Å². The summed E-state index contributed by atoms with van der Waals surface area (Å²) in [6.07, 6.45) is -0.898. The first-order valence-electron chi connectivity index (χ1n) is 19.4. The second kappa shape index (κ2) is 18.9. The molecule has 21 nitrogen and oxygen atoms in total. The van der Waals surface area contributed by atoms with E-state index in [1.807, 2.05) is 13.0 Å². The fraction of sp³-hybridized carbons (Fsp3) is 0.500. The number of phosphoric acid groups is 1. The first-order valence-corrected chi connectivity index (χ1v) is 20.8. The van der Waals surface area contributed by atoms with Crippen LogP contribution >= 0.6 is 7.82 Å². The van der Waals surface area contributed by atoms with E-state index in [1.54, 1.807) is 44.2 Å². The van der Waals surface area contributed by atoms with Gasteiger partial charge >= 0.3 is 13.9 Å². The zero-order chi connectivity index (χ0) is 43.2. The number of nitrogens with zero attached hydrogens (tertiary/aromatic N) is 3. The Labute approximate surface area is 345 Å². The number of benzene rings is 2. The van der Waals surface area contributed by atoms with Gasteiger partial charge in [0.05, 0.1) is 19.8 Å². The van der Waals surface area contributed by atoms with Gasteiger partial charge in [-0.25, -0.2) is 19.0 Å². The zero-order valence-corrected chi connectivity index (χ0v) is 34.5. The molecule has 8 atom stereocenters. The van der Waals surface area contributed by atoms with Crippen LogP contribution in [0, 0.1) is 0 Å². The highest BCUT2D eigenvalue weighted by molar-refractivity contribution is 7.49. The average Bonchev–Trinajstić information content (AvgIpc) is 3.91. The number of nitrogens with one attached hydrogen (secondary N) is 4. The molecule has 2 aromatic carbocycles. The molecule has 2 saturated heterocycles. The molecular weight excluding hydrogens is 807 g/mol. The Hall–Kier alpha value is -5.44. The van der Waals surface area contributed by atoms with Crippen LogP contribution in [-0.2, 0) is 60.0 Å². The lowest BCUT2D eigenvalue weighted by Gasteiger charge is -2.27. The van der Waals surface area contributed by atoms with Crippen LogP contribution in [0.5, 0.6) is 5.75 Å². The van der Waals surface area contributed by atoms with Crippen molar-refractivity contribution in [3.8, 4) is 5.75 Å². The summed E-state index contributed by atoms with van der Waals surface area (Å²) in [5.74, 6) is -3.66. The number of ether oxygens (including phenoxy) is 4. The highest BCUT2D eigenvalue weighted by atomic mass is 31.2. The van der Waals surface area contributed by atoms with Gasteiger partial charge in [-0.05, 0) is 57.9 Å². The molecule has 6 rings (SSSR count). The first-order chi connectivity index (χ1) is 28.5. The predicted octanol–water partition coefficient (Wildman–Crippen LogP) is 2.61. The third-order valence-corrected chi connectivity index (χ3v) is 10.9. The van der Waals surface area contributed by atoms with E-state index in [0.29, 0.717) is 17.7 Å². The number of carbonyl (C=O) groups excluding carboxylic acids is 5. The summed E-state index contributed by atoms with van der Waals surface area (Å²) in [7, 11) is -4.18. The number of alkyl carbamates (subject to hydrolysis) is 1. The first kappa shape index (κ1) is 44.1. The molecule has 324 valence electrons. The Morgan fingerprint density at radius 1 is 0.983 bits per heavy atom. The highest BCUT2D eigenvalue weighted by Gasteiger charge is 2.57. The molecule has 0 radical (unpaired) electrons. The van der Waals surface area contributed by atoms with Crippen molar-refractivity contribution >= 4 is 43.2 Å². The Morgan fingerprint density at radius 3 is 2.42 bits per heavy atom. The van der Waals surface area contributed by atoms with Crippen molar-refractivity contribution in [3.63, 3.8) is 0 Å². The summed E-state index contributed by atoms with van der Waals surface area (Å²) in [4.78, 5) is 67.2. The van der Waals surface area contributed by atoms with Crippen LogP contribution in [0.2, 0.25) is 0 Å². The molecule has 0 bridgehead atoms. The van der Waals surface area contributed by atoms with Crippen LogP contribution in [0.3, 0.4) is 0 Å². The fourth-order valence-electron chi connectivity index (χ4n) is 6.48. The van der Waals surface area contributed by atoms with Crippen LogP contribution < -0.4 is 31.5 Å². The molecule has 3 aliphatic heterocycles. The molecule has 3 aliphatic rings. The van der Waals surface area contributed by atoms with Gasteiger partial charge < -0.3 is 50.5 Å². The van der Waals surface area contributed by atoms with E-state index in [1.165, 1.54) is 37.0 Å². The van der Waals surface area contributed by atoms with Gasteiger partial charge in [-0.3, -0.25) is 28.2 Å². The Balaban J connectivity index is 1.06. The number of carbonyl (C=O) groups is 5. The van der Waals surface area contributed by atoms with Gasteiger partial charge in [0.1, 0.15) is 48.5 Å². The fourth-order valence-corrected chi connectivity index (χ4v) is 7.71. The quantitative estimate of drug-likeness (QED) is 0.0965. The number of anilines is 1. The van der Waals surface area contributed by atoms with Crippen molar-refractivity contribution in [2.75, 3.05) is 18.5 Å². The number of fused-ring (bicyclic) bond motifs is 2. The summed E-state index contributed by atoms with van der Waals surface area (Å²) in [5.41, 5.74) is 6.84. The smallest absolute Gasteiger partial charge is 0.450 e. The minimum absolute atomic E-state index is 0.118. The second-order valence-electron chi connectivity index (χ2n) is 14.8. The van der Waals surface area contributed by atoms with E-state index < -0.39 is 86.0 Å². The van der Waals surface area contributed by atoms with E-state index in [4.69, 9.17) is 38.3 Å². The van der Waals surface area contributed by atoms with E-state index >= 15 is 0 Å². The Bertz CT molecular complexity index is 2100. The standard InChI is InChI=1S/C38H49N8O13P/c1-6-7-15-53-37(51)42-22(3)33(48)41-21(2)34(49)44-26(16-23-11-9-8-10-12-23)35(50)43-25-13-14-27-24(17-25)18-54-60(52,59-27)55-19-28-29-30(58-38(4,5)57-29)36(56-28)46-20-40-32(45-46)31(39)47/h8-14,17,20-22,26,28-30,36H,6-7,15-16,18-19H2,1-5H3,(H2,39,47)(H,41,48)(H,42,51)(H,43,50)(H,44,49)/t21-,22-,26-,28+,29+,30+,36+,60?/m0/s1. The highest BCUT2D eigenvalue weighted by Crippen LogP contribution is 2.55. The SMILES string of the molecule is CCCCOC(=O)N[C@@H](C)C(=O)N[C@@H](C)C(=O)N[C@@H](Cc1ccccc1)C(=O)Nc1ccc2c(c1)COP(=O)(OC[C@H]1O[C@@H](n3cnc(C(N)=O)n3)[C@@H]3OC(C)(C)O[C@@H]31)O2. The van der Waals surface area contributed by atoms with Gasteiger partial charge in [0.15, 0.2) is 12.0 Å². The van der Waals surface area contributed by atoms with Gasteiger partial charge in [0.2, 0.25) is 23.5 Å². The Morgan fingerprint density at radius 2 is 1.70 bits per heavy atom. The van der Waals surface area contributed by atoms with E-state index in [0.717, 1.165) is 12.0 Å². The molecule has 60 heavy (non-hydrogen) atoms. The lowest BCUT2D eigenvalue weighted by Crippen LogP contribution is -2.55. The van der Waals surface area contributed by atoms with Crippen LogP contribution in [0.15, 0.2) is 54.9 Å². The third kappa shape index (κ3) is 11.0. The molecule has 6 N–H and O–H groups in total. The lowest BCUT2D eigenvalue weighted by atomic mass is 10.0. The number of rotatable bonds is 17. The molecule has 0 saturated carbocycles. The molecule has 1 aromatic heterocycles. The summed E-state index contributed by atoms with van der Waals surface area (Å²) in [6, 6.07) is 10.5. The van der Waals surface area contributed by atoms with Crippen LogP contribution in [0.25, 0.3) is 0 Å². The summed E-state index contributed by atoms with van der Waals surface area (Å²) < 4.78 is 55.1. The van der Waals surface area contributed by atoms with Gasteiger partial charge in [-0.1, -0.05) is 43.7 Å². The lowest BCUT2D eigenvalue weighted by molar-refractivity contribution is -0.201. The maximum Gasteiger partial charge on any atom is 0.530 e. The largest absolute Gasteiger partial charge is 0.530 e. The van der Waals surface area contributed by atoms with Gasteiger partial charge in [0, 0.05) is 17.7 Å². The van der Waals surface area contributed by atoms with Crippen molar-refractivity contribution in [2.24, 2.45) is 5.73 Å². The Kier molecular flexibility index (Phi) is 13.9. The number of primary amides is 1. The number of unbranched alkanes of at least 4 members (excludes halogenated alkanes) is 1. The molecule has 3 aromatic rings. The van der Waals surface area contributed by atoms with Gasteiger partial charge in [-0.2, -0.15) is 0 Å². The molecule has 0 spiro atoms. The molecule has 22 heteroatoms.